The summed E-state index contributed by atoms with van der Waals surface area (Å²) in [7, 11) is 1.57. The molecule has 0 unspecified atom stereocenters. The van der Waals surface area contributed by atoms with Crippen molar-refractivity contribution < 1.29 is 27.4 Å². The maximum Gasteiger partial charge on any atom is 0.433 e. The Kier molecular flexibility index (Phi) is 7.14. The van der Waals surface area contributed by atoms with Gasteiger partial charge in [-0.2, -0.15) is 13.2 Å². The van der Waals surface area contributed by atoms with Gasteiger partial charge in [0.2, 0.25) is 5.88 Å². The molecule has 4 rings (SSSR count). The van der Waals surface area contributed by atoms with Crippen LogP contribution in [0.15, 0.2) is 66.7 Å². The lowest BCUT2D eigenvalue weighted by molar-refractivity contribution is -0.141. The Morgan fingerprint density at radius 2 is 1.85 bits per heavy atom. The molecule has 0 fully saturated rings. The number of nitrogens with one attached hydrogen (secondary N) is 1. The summed E-state index contributed by atoms with van der Waals surface area (Å²) in [6.45, 7) is 0.944. The smallest absolute Gasteiger partial charge is 0.433 e. The number of methoxy groups -OCH3 is 1. The standard InChI is InChI=1S/C25H21F3N2O3S/c1-32-12-11-29-24(31)18-7-2-5-16(13-18)20-8-3-6-17-14-19(34-23(17)20)15-33-22-10-4-9-21(30-22)25(26,27)28/h2-10,13-14H,11-12,15H2,1H3,(H,29,31). The maximum atomic E-state index is 12.9. The Balaban J connectivity index is 1.55. The fraction of sp³-hybridized carbons (Fsp3) is 0.200. The zero-order valence-electron chi connectivity index (χ0n) is 18.2. The number of aromatic nitrogens is 1. The zero-order valence-corrected chi connectivity index (χ0v) is 19.0. The largest absolute Gasteiger partial charge is 0.472 e. The summed E-state index contributed by atoms with van der Waals surface area (Å²) >= 11 is 1.49. The lowest BCUT2D eigenvalue weighted by Crippen LogP contribution is -2.26. The number of ether oxygens (including phenoxy) is 2. The lowest BCUT2D eigenvalue weighted by atomic mass is 10.0. The van der Waals surface area contributed by atoms with Gasteiger partial charge in [-0.1, -0.05) is 36.4 Å². The Bertz CT molecular complexity index is 1300. The minimum absolute atomic E-state index is 0.0836. The molecule has 9 heteroatoms. The second-order valence-electron chi connectivity index (χ2n) is 7.41. The Morgan fingerprint density at radius 1 is 1.06 bits per heavy atom. The highest BCUT2D eigenvalue weighted by Crippen LogP contribution is 2.36. The van der Waals surface area contributed by atoms with E-state index < -0.39 is 11.9 Å². The van der Waals surface area contributed by atoms with E-state index >= 15 is 0 Å². The van der Waals surface area contributed by atoms with E-state index in [0.29, 0.717) is 18.7 Å². The Labute approximate surface area is 198 Å². The number of alkyl halides is 3. The van der Waals surface area contributed by atoms with Crippen molar-refractivity contribution in [3.8, 4) is 17.0 Å². The summed E-state index contributed by atoms with van der Waals surface area (Å²) in [5.41, 5.74) is 1.40. The third-order valence-electron chi connectivity index (χ3n) is 5.00. The van der Waals surface area contributed by atoms with Gasteiger partial charge in [-0.15, -0.1) is 11.3 Å². The number of pyridine rings is 1. The molecule has 0 atom stereocenters. The summed E-state index contributed by atoms with van der Waals surface area (Å²) in [6.07, 6.45) is -4.53. The molecule has 1 N–H and O–H groups in total. The van der Waals surface area contributed by atoms with Crippen molar-refractivity contribution in [2.75, 3.05) is 20.3 Å². The molecule has 2 aromatic heterocycles. The Hall–Kier alpha value is -3.43. The fourth-order valence-electron chi connectivity index (χ4n) is 3.41. The van der Waals surface area contributed by atoms with E-state index in [0.717, 1.165) is 32.2 Å². The van der Waals surface area contributed by atoms with Crippen molar-refractivity contribution in [2.24, 2.45) is 0 Å². The highest BCUT2D eigenvalue weighted by atomic mass is 32.1. The van der Waals surface area contributed by atoms with E-state index in [2.05, 4.69) is 10.3 Å². The van der Waals surface area contributed by atoms with E-state index in [-0.39, 0.29) is 18.4 Å². The number of benzene rings is 2. The van der Waals surface area contributed by atoms with Crippen molar-refractivity contribution in [1.29, 1.82) is 0 Å². The molecule has 0 aliphatic rings. The van der Waals surface area contributed by atoms with E-state index in [9.17, 15) is 18.0 Å². The van der Waals surface area contributed by atoms with Crippen LogP contribution in [0, 0.1) is 0 Å². The minimum Gasteiger partial charge on any atom is -0.472 e. The molecular formula is C25H21F3N2O3S. The SMILES string of the molecule is COCCNC(=O)c1cccc(-c2cccc3cc(COc4cccc(C(F)(F)F)n4)sc23)c1. The third kappa shape index (κ3) is 5.55. The zero-order chi connectivity index (χ0) is 24.1. The van der Waals surface area contributed by atoms with Gasteiger partial charge >= 0.3 is 6.18 Å². The average molecular weight is 487 g/mol. The number of rotatable bonds is 8. The average Bonchev–Trinajstić information content (AvgIpc) is 3.26. The number of carbonyl (C=O) groups is 1. The van der Waals surface area contributed by atoms with Gasteiger partial charge in [0.05, 0.1) is 6.61 Å². The molecule has 0 aliphatic carbocycles. The Morgan fingerprint density at radius 3 is 2.65 bits per heavy atom. The molecule has 2 aromatic carbocycles. The molecule has 0 saturated carbocycles. The van der Waals surface area contributed by atoms with Gasteiger partial charge in [-0.3, -0.25) is 4.79 Å². The number of carbonyl (C=O) groups excluding carboxylic acids is 1. The molecule has 0 saturated heterocycles. The number of hydrogen-bond acceptors (Lipinski definition) is 5. The summed E-state index contributed by atoms with van der Waals surface area (Å²) < 4.78 is 50.2. The molecule has 0 radical (unpaired) electrons. The summed E-state index contributed by atoms with van der Waals surface area (Å²) in [6, 6.07) is 18.7. The number of nitrogens with zero attached hydrogens (tertiary/aromatic N) is 1. The van der Waals surface area contributed by atoms with Crippen LogP contribution in [0.25, 0.3) is 21.2 Å². The van der Waals surface area contributed by atoms with Crippen molar-refractivity contribution in [3.05, 3.63) is 82.9 Å². The number of fused-ring (bicyclic) bond motifs is 1. The van der Waals surface area contributed by atoms with Gasteiger partial charge < -0.3 is 14.8 Å². The first-order valence-corrected chi connectivity index (χ1v) is 11.2. The van der Waals surface area contributed by atoms with Gasteiger partial charge in [0.25, 0.3) is 5.91 Å². The van der Waals surface area contributed by atoms with Crippen LogP contribution in [-0.4, -0.2) is 31.2 Å². The van der Waals surface area contributed by atoms with Crippen molar-refractivity contribution in [1.82, 2.24) is 10.3 Å². The number of thiophene rings is 1. The molecule has 2 heterocycles. The molecular weight excluding hydrogens is 465 g/mol. The van der Waals surface area contributed by atoms with Crippen LogP contribution in [0.4, 0.5) is 13.2 Å². The van der Waals surface area contributed by atoms with Crippen LogP contribution < -0.4 is 10.1 Å². The molecule has 34 heavy (non-hydrogen) atoms. The van der Waals surface area contributed by atoms with Crippen molar-refractivity contribution in [3.63, 3.8) is 0 Å². The van der Waals surface area contributed by atoms with Gasteiger partial charge in [-0.05, 0) is 40.8 Å². The lowest BCUT2D eigenvalue weighted by Gasteiger charge is -2.08. The van der Waals surface area contributed by atoms with E-state index in [1.54, 1.807) is 13.2 Å². The maximum absolute atomic E-state index is 12.9. The van der Waals surface area contributed by atoms with Crippen LogP contribution in [0.3, 0.4) is 0 Å². The van der Waals surface area contributed by atoms with Crippen LogP contribution in [0.1, 0.15) is 20.9 Å². The molecule has 0 spiro atoms. The second kappa shape index (κ2) is 10.2. The number of halogens is 3. The second-order valence-corrected chi connectivity index (χ2v) is 8.55. The van der Waals surface area contributed by atoms with Gasteiger partial charge in [0, 0.05) is 34.9 Å². The molecule has 4 aromatic rings. The van der Waals surface area contributed by atoms with Gasteiger partial charge in [0.1, 0.15) is 12.3 Å². The van der Waals surface area contributed by atoms with E-state index in [4.69, 9.17) is 9.47 Å². The normalized spacial score (nSPS) is 11.5. The van der Waals surface area contributed by atoms with Crippen LogP contribution in [0.5, 0.6) is 5.88 Å². The minimum atomic E-state index is -4.53. The quantitative estimate of drug-likeness (QED) is 0.313. The van der Waals surface area contributed by atoms with Gasteiger partial charge in [-0.25, -0.2) is 4.98 Å². The molecule has 176 valence electrons. The first-order chi connectivity index (χ1) is 16.3. The first-order valence-electron chi connectivity index (χ1n) is 10.4. The highest BCUT2D eigenvalue weighted by molar-refractivity contribution is 7.19. The number of hydrogen-bond donors (Lipinski definition) is 1. The van der Waals surface area contributed by atoms with Crippen molar-refractivity contribution >= 4 is 27.3 Å². The molecule has 0 bridgehead atoms. The number of amides is 1. The fourth-order valence-corrected chi connectivity index (χ4v) is 4.52. The highest BCUT2D eigenvalue weighted by Gasteiger charge is 2.32. The predicted molar refractivity (Wildman–Crippen MR) is 125 cm³/mol. The summed E-state index contributed by atoms with van der Waals surface area (Å²) in [5.74, 6) is -0.264. The molecule has 0 aliphatic heterocycles. The van der Waals surface area contributed by atoms with Crippen LogP contribution >= 0.6 is 11.3 Å². The molecule has 5 nitrogen and oxygen atoms in total. The summed E-state index contributed by atoms with van der Waals surface area (Å²) in [4.78, 5) is 16.8. The predicted octanol–water partition coefficient (Wildman–Crippen LogP) is 5.94. The van der Waals surface area contributed by atoms with Crippen LogP contribution in [-0.2, 0) is 17.5 Å². The van der Waals surface area contributed by atoms with Crippen molar-refractivity contribution in [2.45, 2.75) is 12.8 Å². The molecule has 1 amide bonds. The topological polar surface area (TPSA) is 60.5 Å². The summed E-state index contributed by atoms with van der Waals surface area (Å²) in [5, 5.41) is 3.79. The first kappa shape index (κ1) is 23.7. The third-order valence-corrected chi connectivity index (χ3v) is 6.16. The van der Waals surface area contributed by atoms with E-state index in [1.807, 2.05) is 42.5 Å². The van der Waals surface area contributed by atoms with E-state index in [1.165, 1.54) is 23.5 Å². The van der Waals surface area contributed by atoms with Crippen LogP contribution in [0.2, 0.25) is 0 Å². The van der Waals surface area contributed by atoms with Gasteiger partial charge in [0.15, 0.2) is 0 Å². The monoisotopic (exact) mass is 486 g/mol.